The average Bonchev–Trinajstić information content (AvgIpc) is 2.03. The van der Waals surface area contributed by atoms with Crippen molar-refractivity contribution in [1.82, 2.24) is 0 Å². The fourth-order valence-corrected chi connectivity index (χ4v) is 0. The first-order chi connectivity index (χ1) is 4.00. The van der Waals surface area contributed by atoms with E-state index in [2.05, 4.69) is 22.4 Å². The molecule has 0 heterocycles. The zero-order valence-corrected chi connectivity index (χ0v) is 19.6. The summed E-state index contributed by atoms with van der Waals surface area (Å²) in [5.41, 5.74) is 18.0. The van der Waals surface area contributed by atoms with Gasteiger partial charge in [0.15, 0.2) is 0 Å². The molecule has 0 amide bonds. The number of hydrogen-bond acceptors (Lipinski definition) is 8. The Balaban J connectivity index is -0.00000000267. The third kappa shape index (κ3) is 443. The summed E-state index contributed by atoms with van der Waals surface area (Å²) in [7, 11) is 0. The Morgan fingerprint density at radius 1 is 0.417 bits per heavy atom. The number of nitrogens with one attached hydrogen (secondary N) is 4. The molecule has 0 atom stereocenters. The van der Waals surface area contributed by atoms with E-state index in [0.717, 1.165) is 0 Å². The summed E-state index contributed by atoms with van der Waals surface area (Å²) in [6.45, 7) is 0. The minimum absolute atomic E-state index is 0. The van der Waals surface area contributed by atoms with Gasteiger partial charge < -0.3 is 0 Å². The van der Waals surface area contributed by atoms with Gasteiger partial charge in [0, 0.05) is 99.9 Å². The number of rotatable bonds is 0. The van der Waals surface area contributed by atoms with Crippen LogP contribution in [0.2, 0.25) is 0 Å². The second-order valence-electron chi connectivity index (χ2n) is 0. The van der Waals surface area contributed by atoms with Gasteiger partial charge in [0.05, 0.1) is 0 Å². The van der Waals surface area contributed by atoms with Gasteiger partial charge in [0.25, 0.3) is 0 Å². The molecule has 0 saturated heterocycles. The summed E-state index contributed by atoms with van der Waals surface area (Å²) in [5.74, 6) is 0. The maximum Gasteiger partial charge on any atom is 0 e. The van der Waals surface area contributed by atoms with Crippen LogP contribution in [0, 0.1) is 42.0 Å². The molecule has 0 unspecified atom stereocenters. The molecule has 0 aromatic heterocycles. The van der Waals surface area contributed by atoms with Gasteiger partial charge in [-0.05, 0) is 0 Å². The zero-order chi connectivity index (χ0) is 8.00. The molecule has 0 aromatic carbocycles. The molecular weight excluding hydrogens is 836 g/mol. The molecule has 8 nitrogen and oxygen atoms in total. The van der Waals surface area contributed by atoms with Gasteiger partial charge in [-0.25, -0.2) is 0 Å². The summed E-state index contributed by atoms with van der Waals surface area (Å²) < 4.78 is 0. The van der Waals surface area contributed by atoms with E-state index in [0.29, 0.717) is 0 Å². The minimum Gasteiger partial charge on any atom is -0.154 e. The van der Waals surface area contributed by atoms with Crippen molar-refractivity contribution in [2.45, 2.75) is 0 Å². The molecule has 4 N–H and O–H groups in total. The van der Waals surface area contributed by atoms with Crippen LogP contribution in [-0.2, 0) is 99.9 Å². The summed E-state index contributed by atoms with van der Waals surface area (Å²) in [4.78, 5) is 30.0. The summed E-state index contributed by atoms with van der Waals surface area (Å²) in [6.07, 6.45) is 0. The van der Waals surface area contributed by atoms with Crippen LogP contribution in [0.25, 0.3) is 0 Å². The fraction of sp³-hybridized carbons (Fsp3) is 0. The van der Waals surface area contributed by atoms with Crippen LogP contribution < -0.4 is 0 Å². The Bertz CT molecular complexity index is 30.3. The number of nitroso groups, excluding NO2 is 4. The molecule has 1 radical (unpaired) electrons. The quantitative estimate of drug-likeness (QED) is 0.214. The van der Waals surface area contributed by atoms with Gasteiger partial charge in [-0.15, -0.1) is 0 Å². The Labute approximate surface area is 140 Å². The van der Waals surface area contributed by atoms with E-state index in [1.54, 1.807) is 0 Å². The Kier molecular flexibility index (Phi) is 3240. The molecule has 0 spiro atoms. The van der Waals surface area contributed by atoms with E-state index in [4.69, 9.17) is 19.6 Å². The second-order valence-corrected chi connectivity index (χ2v) is 0. The third-order valence-corrected chi connectivity index (χ3v) is 0. The van der Waals surface area contributed by atoms with Crippen LogP contribution in [0.4, 0.5) is 0 Å². The van der Waals surface area contributed by atoms with Crippen LogP contribution in [-0.4, -0.2) is 0 Å². The molecule has 0 bridgehead atoms. The molecule has 0 aliphatic rings. The van der Waals surface area contributed by atoms with Crippen LogP contribution in [0.15, 0.2) is 0 Å². The van der Waals surface area contributed by atoms with Crippen LogP contribution in [0.1, 0.15) is 0 Å². The van der Waals surface area contributed by atoms with E-state index >= 15 is 0 Å². The molecule has 0 aliphatic carbocycles. The van der Waals surface area contributed by atoms with Crippen molar-refractivity contribution < 1.29 is 99.9 Å². The van der Waals surface area contributed by atoms with Crippen molar-refractivity contribution in [2.75, 3.05) is 0 Å². The topological polar surface area (TPSA) is 164 Å². The second kappa shape index (κ2) is 574. The summed E-state index contributed by atoms with van der Waals surface area (Å²) >= 11 is 0. The van der Waals surface area contributed by atoms with Gasteiger partial charge in [-0.1, -0.05) is 22.4 Å². The van der Waals surface area contributed by atoms with Crippen molar-refractivity contribution >= 4 is 0 Å². The SMILES string of the molecule is N=O.N=O.N=O.N=O.[Hf].[Hf].[Hf].[Ta]. The molecule has 12 heteroatoms. The predicted molar refractivity (Wildman–Crippen MR) is 24.3 cm³/mol. The summed E-state index contributed by atoms with van der Waals surface area (Å²) in [5, 5.41) is 0. The molecule has 12 heavy (non-hydrogen) atoms. The van der Waals surface area contributed by atoms with Crippen molar-refractivity contribution in [2.24, 2.45) is 0 Å². The van der Waals surface area contributed by atoms with E-state index in [9.17, 15) is 0 Å². The first-order valence-electron chi connectivity index (χ1n) is 0.816. The average molecular weight is 840 g/mol. The number of hydrogen-bond donors (Lipinski definition) is 4. The van der Waals surface area contributed by atoms with Crippen molar-refractivity contribution in [3.05, 3.63) is 19.6 Å². The molecule has 0 rings (SSSR count). The smallest absolute Gasteiger partial charge is 0 e. The molecule has 65 valence electrons. The first kappa shape index (κ1) is 67.6. The maximum atomic E-state index is 7.50. The van der Waals surface area contributed by atoms with E-state index in [-0.39, 0.29) is 99.9 Å². The normalized spacial score (nSPS) is 1.33. The molecule has 0 aliphatic heterocycles. The molecule has 0 aromatic rings. The van der Waals surface area contributed by atoms with Gasteiger partial charge in [0.1, 0.15) is 0 Å². The van der Waals surface area contributed by atoms with Crippen LogP contribution in [0.3, 0.4) is 0 Å². The Morgan fingerprint density at radius 3 is 0.417 bits per heavy atom. The van der Waals surface area contributed by atoms with Gasteiger partial charge in [-0.3, -0.25) is 0 Å². The van der Waals surface area contributed by atoms with Gasteiger partial charge >= 0.3 is 0 Å². The predicted octanol–water partition coefficient (Wildman–Crippen LogP) is 1.32. The fourth-order valence-electron chi connectivity index (χ4n) is 0. The largest absolute Gasteiger partial charge is 0.154 e. The van der Waals surface area contributed by atoms with Crippen LogP contribution in [0.5, 0.6) is 0 Å². The maximum absolute atomic E-state index is 7.50. The molecular formula is H4Hf3N4O4Ta. The standard InChI is InChI=1S/3Hf.4HNO.Ta/c;;;4*1-2;/h;;;4*1H;. The van der Waals surface area contributed by atoms with Crippen molar-refractivity contribution in [3.63, 3.8) is 0 Å². The molecule has 0 fully saturated rings. The van der Waals surface area contributed by atoms with E-state index in [1.807, 2.05) is 0 Å². The van der Waals surface area contributed by atoms with Gasteiger partial charge in [-0.2, -0.15) is 19.6 Å². The monoisotopic (exact) mass is 845 g/mol. The van der Waals surface area contributed by atoms with Crippen molar-refractivity contribution in [3.8, 4) is 0 Å². The van der Waals surface area contributed by atoms with Crippen LogP contribution >= 0.6 is 0 Å². The Hall–Kier alpha value is 1.75. The third-order valence-electron chi connectivity index (χ3n) is 0. The zero-order valence-electron chi connectivity index (χ0n) is 5.58. The summed E-state index contributed by atoms with van der Waals surface area (Å²) in [6, 6.07) is 0. The first-order valence-corrected chi connectivity index (χ1v) is 0.816. The molecule has 0 saturated carbocycles. The van der Waals surface area contributed by atoms with Crippen molar-refractivity contribution in [1.29, 1.82) is 22.4 Å². The minimum atomic E-state index is 0. The van der Waals surface area contributed by atoms with Gasteiger partial charge in [0.2, 0.25) is 0 Å². The van der Waals surface area contributed by atoms with E-state index in [1.165, 1.54) is 0 Å². The van der Waals surface area contributed by atoms with E-state index < -0.39 is 0 Å². The Morgan fingerprint density at radius 2 is 0.417 bits per heavy atom.